The van der Waals surface area contributed by atoms with Crippen LogP contribution in [-0.2, 0) is 24.3 Å². The molecule has 7 nitrogen and oxygen atoms in total. The Balaban J connectivity index is 1.41. The smallest absolute Gasteiger partial charge is 0.335 e. The summed E-state index contributed by atoms with van der Waals surface area (Å²) < 4.78 is 57.4. The zero-order valence-electron chi connectivity index (χ0n) is 22.3. The number of carbonyl (C=O) groups is 1. The molecule has 0 aliphatic rings. The molecule has 10 heteroatoms. The highest BCUT2D eigenvalue weighted by Gasteiger charge is 2.18. The highest BCUT2D eigenvalue weighted by molar-refractivity contribution is 5.92. The first-order valence-corrected chi connectivity index (χ1v) is 12.8. The lowest BCUT2D eigenvalue weighted by molar-refractivity contribution is 0.0697. The molecule has 0 unspecified atom stereocenters. The summed E-state index contributed by atoms with van der Waals surface area (Å²) in [6, 6.07) is 16.2. The van der Waals surface area contributed by atoms with Crippen molar-refractivity contribution in [3.8, 4) is 17.1 Å². The van der Waals surface area contributed by atoms with Crippen molar-refractivity contribution in [2.45, 2.75) is 26.5 Å². The monoisotopic (exact) mass is 561 g/mol. The Hall–Kier alpha value is -4.70. The third-order valence-corrected chi connectivity index (χ3v) is 6.66. The molecule has 210 valence electrons. The lowest BCUT2D eigenvalue weighted by Gasteiger charge is -2.12. The molecule has 0 radical (unpaired) electrons. The molecule has 0 atom stereocenters. The fourth-order valence-electron chi connectivity index (χ4n) is 4.53. The van der Waals surface area contributed by atoms with Gasteiger partial charge in [0.2, 0.25) is 5.88 Å². The number of pyridine rings is 1. The van der Waals surface area contributed by atoms with Gasteiger partial charge in [-0.15, -0.1) is 0 Å². The van der Waals surface area contributed by atoms with Crippen molar-refractivity contribution in [1.82, 2.24) is 14.5 Å². The molecule has 2 aromatic heterocycles. The Morgan fingerprint density at radius 3 is 2.49 bits per heavy atom. The first kappa shape index (κ1) is 27.9. The molecule has 2 heterocycles. The van der Waals surface area contributed by atoms with Crippen molar-refractivity contribution in [2.24, 2.45) is 0 Å². The third-order valence-electron chi connectivity index (χ3n) is 6.66. The van der Waals surface area contributed by atoms with Gasteiger partial charge in [-0.2, -0.15) is 0 Å². The average molecular weight is 562 g/mol. The normalized spacial score (nSPS) is 11.2. The van der Waals surface area contributed by atoms with E-state index in [9.17, 15) is 14.3 Å². The number of ether oxygens (including phenoxy) is 2. The van der Waals surface area contributed by atoms with E-state index in [1.54, 1.807) is 41.8 Å². The minimum atomic E-state index is -1.08. The summed E-state index contributed by atoms with van der Waals surface area (Å²) in [7, 11) is 1.53. The maximum Gasteiger partial charge on any atom is 0.335 e. The molecular weight excluding hydrogens is 535 g/mol. The number of rotatable bonds is 10. The molecule has 5 rings (SSSR count). The molecule has 0 aliphatic carbocycles. The molecule has 0 bridgehead atoms. The molecule has 1 N–H and O–H groups in total. The van der Waals surface area contributed by atoms with Gasteiger partial charge in [0.1, 0.15) is 29.9 Å². The minimum Gasteiger partial charge on any atom is -0.478 e. The second-order valence-corrected chi connectivity index (χ2v) is 9.53. The fourth-order valence-corrected chi connectivity index (χ4v) is 4.53. The van der Waals surface area contributed by atoms with E-state index in [0.29, 0.717) is 35.6 Å². The van der Waals surface area contributed by atoms with Gasteiger partial charge in [0, 0.05) is 37.3 Å². The van der Waals surface area contributed by atoms with Crippen molar-refractivity contribution in [3.05, 3.63) is 112 Å². The van der Waals surface area contributed by atoms with Crippen LogP contribution in [0.2, 0.25) is 0 Å². The van der Waals surface area contributed by atoms with Crippen LogP contribution in [0.3, 0.4) is 0 Å². The minimum absolute atomic E-state index is 0.0392. The molecule has 5 aromatic rings. The zero-order valence-corrected chi connectivity index (χ0v) is 22.3. The van der Waals surface area contributed by atoms with Crippen LogP contribution < -0.4 is 4.74 Å². The highest BCUT2D eigenvalue weighted by Crippen LogP contribution is 2.28. The van der Waals surface area contributed by atoms with Gasteiger partial charge in [-0.3, -0.25) is 0 Å². The molecule has 0 spiro atoms. The number of nitrogens with zero attached hydrogens (tertiary/aromatic N) is 3. The van der Waals surface area contributed by atoms with E-state index in [1.165, 1.54) is 31.4 Å². The van der Waals surface area contributed by atoms with Crippen molar-refractivity contribution < 1.29 is 32.5 Å². The molecule has 0 aliphatic heterocycles. The van der Waals surface area contributed by atoms with E-state index in [0.717, 1.165) is 17.7 Å². The number of aromatic carboxylic acids is 1. The molecule has 3 aromatic carbocycles. The second kappa shape index (κ2) is 11.8. The van der Waals surface area contributed by atoms with Gasteiger partial charge in [0.25, 0.3) is 0 Å². The zero-order chi connectivity index (χ0) is 29.1. The molecular formula is C31H26F3N3O4. The van der Waals surface area contributed by atoms with Crippen molar-refractivity contribution in [3.63, 3.8) is 0 Å². The van der Waals surface area contributed by atoms with Gasteiger partial charge in [-0.1, -0.05) is 18.2 Å². The van der Waals surface area contributed by atoms with Gasteiger partial charge < -0.3 is 19.1 Å². The number of aryl methyl sites for hydroxylation is 1. The number of benzene rings is 3. The van der Waals surface area contributed by atoms with Crippen LogP contribution in [0.4, 0.5) is 13.2 Å². The first-order valence-electron chi connectivity index (χ1n) is 12.8. The average Bonchev–Trinajstić information content (AvgIpc) is 3.29. The van der Waals surface area contributed by atoms with E-state index in [-0.39, 0.29) is 41.3 Å². The highest BCUT2D eigenvalue weighted by atomic mass is 19.1. The van der Waals surface area contributed by atoms with Gasteiger partial charge >= 0.3 is 5.97 Å². The number of hydrogen-bond donors (Lipinski definition) is 1. The first-order chi connectivity index (χ1) is 19.7. The number of carboxylic acids is 1. The number of hydrogen-bond acceptors (Lipinski definition) is 5. The maximum absolute atomic E-state index is 15.4. The summed E-state index contributed by atoms with van der Waals surface area (Å²) in [5, 5.41) is 9.39. The predicted molar refractivity (Wildman–Crippen MR) is 146 cm³/mol. The summed E-state index contributed by atoms with van der Waals surface area (Å²) in [6.45, 7) is 2.37. The van der Waals surface area contributed by atoms with Crippen molar-refractivity contribution >= 4 is 17.0 Å². The summed E-state index contributed by atoms with van der Waals surface area (Å²) >= 11 is 0. The number of methoxy groups -OCH3 is 1. The van der Waals surface area contributed by atoms with E-state index in [2.05, 4.69) is 9.97 Å². The maximum atomic E-state index is 15.4. The van der Waals surface area contributed by atoms with E-state index < -0.39 is 23.4 Å². The Kier molecular flexibility index (Phi) is 8.02. The quantitative estimate of drug-likeness (QED) is 0.214. The summed E-state index contributed by atoms with van der Waals surface area (Å²) in [5.74, 6) is -2.26. The summed E-state index contributed by atoms with van der Waals surface area (Å²) in [6.07, 6.45) is -0.0392. The van der Waals surface area contributed by atoms with Crippen LogP contribution >= 0.6 is 0 Å². The molecule has 0 amide bonds. The fraction of sp³-hybridized carbons (Fsp3) is 0.194. The molecule has 0 fully saturated rings. The van der Waals surface area contributed by atoms with Crippen LogP contribution in [0.1, 0.15) is 32.9 Å². The van der Waals surface area contributed by atoms with E-state index in [4.69, 9.17) is 9.47 Å². The van der Waals surface area contributed by atoms with Crippen LogP contribution in [-0.4, -0.2) is 39.3 Å². The van der Waals surface area contributed by atoms with Gasteiger partial charge in [0.05, 0.1) is 28.9 Å². The summed E-state index contributed by atoms with van der Waals surface area (Å²) in [4.78, 5) is 20.3. The van der Waals surface area contributed by atoms with Crippen molar-refractivity contribution in [2.75, 3.05) is 13.7 Å². The Morgan fingerprint density at radius 1 is 0.927 bits per heavy atom. The lowest BCUT2D eigenvalue weighted by Crippen LogP contribution is -2.10. The van der Waals surface area contributed by atoms with Crippen molar-refractivity contribution in [1.29, 1.82) is 0 Å². The SMILES string of the molecule is COCCn1c(Cc2cc(F)c(-c3cccc(OCc4ccc(C)cc4F)n3)cc2F)nc2ccc(C(=O)O)cc21. The van der Waals surface area contributed by atoms with E-state index >= 15 is 8.78 Å². The Labute approximate surface area is 233 Å². The van der Waals surface area contributed by atoms with Gasteiger partial charge in [0.15, 0.2) is 0 Å². The molecule has 0 saturated carbocycles. The number of carboxylic acid groups (broad SMARTS) is 1. The second-order valence-electron chi connectivity index (χ2n) is 9.53. The lowest BCUT2D eigenvalue weighted by atomic mass is 10.0. The topological polar surface area (TPSA) is 86.5 Å². The van der Waals surface area contributed by atoms with Gasteiger partial charge in [-0.05, 0) is 60.5 Å². The van der Waals surface area contributed by atoms with E-state index in [1.807, 2.05) is 0 Å². The Morgan fingerprint density at radius 2 is 1.73 bits per heavy atom. The summed E-state index contributed by atoms with van der Waals surface area (Å²) in [5.41, 5.74) is 2.48. The molecule has 0 saturated heterocycles. The molecule has 41 heavy (non-hydrogen) atoms. The van der Waals surface area contributed by atoms with Crippen LogP contribution in [0, 0.1) is 24.4 Å². The third kappa shape index (κ3) is 6.07. The van der Waals surface area contributed by atoms with Gasteiger partial charge in [-0.25, -0.2) is 27.9 Å². The number of imidazole rings is 1. The standard InChI is InChI=1S/C31H26F3N3O4/c1-18-6-7-20(23(32)12-18)17-41-30-5-3-4-26(36-30)22-16-24(33)21(13-25(22)34)15-29-35-27-9-8-19(31(38)39)14-28(27)37(29)10-11-40-2/h3-9,12-14,16H,10-11,15,17H2,1-2H3,(H,38,39). The number of aromatic nitrogens is 3. The number of halogens is 3. The largest absolute Gasteiger partial charge is 0.478 e. The van der Waals surface area contributed by atoms with Crippen LogP contribution in [0.25, 0.3) is 22.3 Å². The van der Waals surface area contributed by atoms with Crippen LogP contribution in [0.15, 0.2) is 66.7 Å². The Bertz CT molecular complexity index is 1750. The number of fused-ring (bicyclic) bond motifs is 1. The predicted octanol–water partition coefficient (Wildman–Crippen LogP) is 6.34. The van der Waals surface area contributed by atoms with Crippen LogP contribution in [0.5, 0.6) is 5.88 Å².